The van der Waals surface area contributed by atoms with E-state index in [1.165, 1.54) is 41.3 Å². The number of carboxylic acid groups (broad SMARTS) is 1. The zero-order chi connectivity index (χ0) is 20.4. The number of fused-ring (bicyclic) bond motifs is 1. The van der Waals surface area contributed by atoms with E-state index in [-0.39, 0.29) is 38.9 Å². The Kier molecular flexibility index (Phi) is 5.46. The molecule has 0 aromatic heterocycles. The molecule has 1 heterocycles. The Morgan fingerprint density at radius 1 is 1.07 bits per heavy atom. The van der Waals surface area contributed by atoms with Crippen molar-refractivity contribution in [1.82, 2.24) is 4.90 Å². The summed E-state index contributed by atoms with van der Waals surface area (Å²) in [6.45, 7) is 2.28. The predicted octanol–water partition coefficient (Wildman–Crippen LogP) is 2.35. The molecule has 0 radical (unpaired) electrons. The maximum atomic E-state index is 12.6. The van der Waals surface area contributed by atoms with E-state index in [1.807, 2.05) is 6.92 Å². The average Bonchev–Trinajstić information content (AvgIpc) is 2.90. The van der Waals surface area contributed by atoms with E-state index in [0.717, 1.165) is 6.42 Å². The van der Waals surface area contributed by atoms with Crippen molar-refractivity contribution in [3.63, 3.8) is 0 Å². The van der Waals surface area contributed by atoms with Gasteiger partial charge in [0.2, 0.25) is 0 Å². The molecule has 2 aromatic carbocycles. The molecular weight excluding hydrogens is 384 g/mol. The van der Waals surface area contributed by atoms with Gasteiger partial charge in [0.05, 0.1) is 22.8 Å². The van der Waals surface area contributed by atoms with Gasteiger partial charge in [0.15, 0.2) is 0 Å². The van der Waals surface area contributed by atoms with Gasteiger partial charge >= 0.3 is 0 Å². The first-order valence-electron chi connectivity index (χ1n) is 8.66. The number of carboxylic acids is 1. The third-order valence-corrected chi connectivity index (χ3v) is 4.65. The van der Waals surface area contributed by atoms with Crippen LogP contribution >= 0.6 is 11.6 Å². The van der Waals surface area contributed by atoms with E-state index in [4.69, 9.17) is 11.6 Å². The van der Waals surface area contributed by atoms with E-state index in [1.54, 1.807) is 0 Å². The lowest BCUT2D eigenvalue weighted by Crippen LogP contribution is -2.30. The molecule has 0 spiro atoms. The second-order valence-corrected chi connectivity index (χ2v) is 6.74. The largest absolute Gasteiger partial charge is 0.545 e. The van der Waals surface area contributed by atoms with Crippen molar-refractivity contribution in [2.45, 2.75) is 19.8 Å². The fourth-order valence-corrected chi connectivity index (χ4v) is 3.12. The van der Waals surface area contributed by atoms with Crippen molar-refractivity contribution in [3.8, 4) is 0 Å². The van der Waals surface area contributed by atoms with Crippen molar-refractivity contribution in [2.75, 3.05) is 11.9 Å². The molecule has 2 aromatic rings. The van der Waals surface area contributed by atoms with Gasteiger partial charge in [-0.2, -0.15) is 0 Å². The number of aromatic carboxylic acids is 1. The molecule has 28 heavy (non-hydrogen) atoms. The van der Waals surface area contributed by atoms with Crippen LogP contribution in [0.1, 0.15) is 61.2 Å². The van der Waals surface area contributed by atoms with Crippen LogP contribution in [0.15, 0.2) is 36.4 Å². The summed E-state index contributed by atoms with van der Waals surface area (Å²) in [6, 6.07) is 8.05. The molecule has 3 amide bonds. The summed E-state index contributed by atoms with van der Waals surface area (Å²) in [5.74, 6) is -2.93. The number of nitrogens with zero attached hydrogens (tertiary/aromatic N) is 1. The maximum absolute atomic E-state index is 12.6. The Balaban J connectivity index is 1.88. The van der Waals surface area contributed by atoms with Crippen LogP contribution in [-0.4, -0.2) is 35.1 Å². The molecule has 1 aliphatic rings. The van der Waals surface area contributed by atoms with Gasteiger partial charge in [-0.05, 0) is 42.8 Å². The molecule has 144 valence electrons. The lowest BCUT2D eigenvalue weighted by atomic mass is 10.0. The van der Waals surface area contributed by atoms with Crippen molar-refractivity contribution in [1.29, 1.82) is 0 Å². The zero-order valence-corrected chi connectivity index (χ0v) is 15.7. The van der Waals surface area contributed by atoms with Gasteiger partial charge in [0, 0.05) is 22.7 Å². The maximum Gasteiger partial charge on any atom is 0.261 e. The Hall–Kier alpha value is -3.19. The number of unbranched alkanes of at least 4 members (excludes halogenated alkanes) is 1. The number of hydrogen-bond acceptors (Lipinski definition) is 5. The second kappa shape index (κ2) is 7.82. The van der Waals surface area contributed by atoms with Crippen LogP contribution in [0, 0.1) is 0 Å². The molecular formula is C20H16ClN2O5-. The number of carbonyl (C=O) groups is 4. The minimum Gasteiger partial charge on any atom is -0.545 e. The molecule has 1 N–H and O–H groups in total. The highest BCUT2D eigenvalue weighted by Gasteiger charge is 2.35. The summed E-state index contributed by atoms with van der Waals surface area (Å²) in [7, 11) is 0. The number of rotatable bonds is 6. The summed E-state index contributed by atoms with van der Waals surface area (Å²) < 4.78 is 0. The van der Waals surface area contributed by atoms with E-state index in [9.17, 15) is 24.3 Å². The van der Waals surface area contributed by atoms with Crippen molar-refractivity contribution >= 4 is 41.0 Å². The molecule has 0 atom stereocenters. The van der Waals surface area contributed by atoms with Crippen LogP contribution < -0.4 is 10.4 Å². The standard InChI is InChI=1S/C20H17ClN2O5/c1-2-3-8-23-18(25)13-6-4-11(9-15(13)19(23)26)17(24)22-16-10-12(21)5-7-14(16)20(27)28/h4-7,9-10H,2-3,8H2,1H3,(H,22,24)(H,27,28)/p-1. The predicted molar refractivity (Wildman–Crippen MR) is 100 cm³/mol. The third-order valence-electron chi connectivity index (χ3n) is 4.42. The Bertz CT molecular complexity index is 1000. The van der Waals surface area contributed by atoms with Gasteiger partial charge in [0.1, 0.15) is 0 Å². The Labute approximate surface area is 165 Å². The molecule has 1 aliphatic heterocycles. The molecule has 8 heteroatoms. The fraction of sp³-hybridized carbons (Fsp3) is 0.200. The number of amides is 3. The third kappa shape index (κ3) is 3.61. The minimum atomic E-state index is -1.46. The van der Waals surface area contributed by atoms with Crippen molar-refractivity contribution < 1.29 is 24.3 Å². The number of carbonyl (C=O) groups excluding carboxylic acids is 4. The molecule has 0 unspecified atom stereocenters. The van der Waals surface area contributed by atoms with Gasteiger partial charge in [-0.15, -0.1) is 0 Å². The second-order valence-electron chi connectivity index (χ2n) is 6.31. The SMILES string of the molecule is CCCCN1C(=O)c2ccc(C(=O)Nc3cc(Cl)ccc3C(=O)[O-])cc2C1=O. The summed E-state index contributed by atoms with van der Waals surface area (Å²) in [5, 5.41) is 13.9. The van der Waals surface area contributed by atoms with Crippen LogP contribution in [-0.2, 0) is 0 Å². The number of nitrogens with one attached hydrogen (secondary N) is 1. The molecule has 0 aliphatic carbocycles. The lowest BCUT2D eigenvalue weighted by molar-refractivity contribution is -0.254. The molecule has 0 saturated carbocycles. The average molecular weight is 400 g/mol. The molecule has 0 bridgehead atoms. The zero-order valence-electron chi connectivity index (χ0n) is 15.0. The van der Waals surface area contributed by atoms with Crippen LogP contribution in [0.2, 0.25) is 5.02 Å². The number of halogens is 1. The molecule has 7 nitrogen and oxygen atoms in total. The van der Waals surface area contributed by atoms with Crippen LogP contribution in [0.5, 0.6) is 0 Å². The summed E-state index contributed by atoms with van der Waals surface area (Å²) in [4.78, 5) is 49.8. The Morgan fingerprint density at radius 2 is 1.79 bits per heavy atom. The molecule has 0 fully saturated rings. The van der Waals surface area contributed by atoms with Crippen molar-refractivity contribution in [3.05, 3.63) is 63.7 Å². The first-order valence-corrected chi connectivity index (χ1v) is 9.03. The summed E-state index contributed by atoms with van der Waals surface area (Å²) in [6.07, 6.45) is 1.53. The number of benzene rings is 2. The van der Waals surface area contributed by atoms with Gasteiger partial charge in [-0.3, -0.25) is 19.3 Å². The smallest absolute Gasteiger partial charge is 0.261 e. The van der Waals surface area contributed by atoms with Crippen molar-refractivity contribution in [2.24, 2.45) is 0 Å². The number of anilines is 1. The van der Waals surface area contributed by atoms with E-state index >= 15 is 0 Å². The molecule has 0 saturated heterocycles. The van der Waals surface area contributed by atoms with E-state index in [0.29, 0.717) is 13.0 Å². The summed E-state index contributed by atoms with van der Waals surface area (Å²) in [5.41, 5.74) is 0.262. The van der Waals surface area contributed by atoms with Crippen LogP contribution in [0.4, 0.5) is 5.69 Å². The van der Waals surface area contributed by atoms with E-state index in [2.05, 4.69) is 5.32 Å². The van der Waals surface area contributed by atoms with E-state index < -0.39 is 17.8 Å². The topological polar surface area (TPSA) is 107 Å². The highest BCUT2D eigenvalue weighted by Crippen LogP contribution is 2.26. The quantitative estimate of drug-likeness (QED) is 0.750. The first kappa shape index (κ1) is 19.6. The monoisotopic (exact) mass is 399 g/mol. The summed E-state index contributed by atoms with van der Waals surface area (Å²) >= 11 is 5.87. The lowest BCUT2D eigenvalue weighted by Gasteiger charge is -2.12. The first-order chi connectivity index (χ1) is 13.3. The molecule has 3 rings (SSSR count). The minimum absolute atomic E-state index is 0.0232. The highest BCUT2D eigenvalue weighted by atomic mass is 35.5. The Morgan fingerprint density at radius 3 is 2.46 bits per heavy atom. The van der Waals surface area contributed by atoms with Gasteiger partial charge in [-0.25, -0.2) is 0 Å². The number of imide groups is 1. The highest BCUT2D eigenvalue weighted by molar-refractivity contribution is 6.31. The normalized spacial score (nSPS) is 12.9. The van der Waals surface area contributed by atoms with Crippen LogP contribution in [0.3, 0.4) is 0 Å². The van der Waals surface area contributed by atoms with Gasteiger partial charge in [0.25, 0.3) is 17.7 Å². The number of hydrogen-bond donors (Lipinski definition) is 1. The van der Waals surface area contributed by atoms with Gasteiger partial charge < -0.3 is 15.2 Å². The fourth-order valence-electron chi connectivity index (χ4n) is 2.94. The van der Waals surface area contributed by atoms with Crippen LogP contribution in [0.25, 0.3) is 0 Å². The van der Waals surface area contributed by atoms with Gasteiger partial charge in [-0.1, -0.05) is 24.9 Å².